The van der Waals surface area contributed by atoms with Gasteiger partial charge in [0.05, 0.1) is 6.07 Å². The normalized spacial score (nSPS) is 21.1. The van der Waals surface area contributed by atoms with Crippen LogP contribution in [0.15, 0.2) is 18.2 Å². The number of aryl methyl sites for hydroxylation is 2. The number of benzene rings is 1. The van der Waals surface area contributed by atoms with Crippen LogP contribution in [-0.4, -0.2) is 30.6 Å². The van der Waals surface area contributed by atoms with Gasteiger partial charge in [0.1, 0.15) is 6.04 Å². The average molecular weight is 229 g/mol. The Morgan fingerprint density at radius 2 is 2.29 bits per heavy atom. The minimum absolute atomic E-state index is 0.00339. The molecule has 1 fully saturated rings. The van der Waals surface area contributed by atoms with Gasteiger partial charge in [-0.15, -0.1) is 0 Å². The van der Waals surface area contributed by atoms with Crippen LogP contribution in [0.2, 0.25) is 0 Å². The SMILES string of the molecule is Cc1ccc(C)c(CN2CCNCC2C#N)c1. The topological polar surface area (TPSA) is 39.1 Å². The number of piperazine rings is 1. The molecular weight excluding hydrogens is 210 g/mol. The summed E-state index contributed by atoms with van der Waals surface area (Å²) >= 11 is 0. The molecule has 1 atom stereocenters. The van der Waals surface area contributed by atoms with E-state index in [2.05, 4.69) is 48.3 Å². The molecule has 0 aliphatic carbocycles. The van der Waals surface area contributed by atoms with E-state index in [9.17, 15) is 0 Å². The van der Waals surface area contributed by atoms with Crippen molar-refractivity contribution in [2.45, 2.75) is 26.4 Å². The third-order valence-corrected chi connectivity index (χ3v) is 3.38. The van der Waals surface area contributed by atoms with Gasteiger partial charge in [-0.3, -0.25) is 4.90 Å². The van der Waals surface area contributed by atoms with Gasteiger partial charge in [0.2, 0.25) is 0 Å². The summed E-state index contributed by atoms with van der Waals surface area (Å²) in [6, 6.07) is 8.90. The van der Waals surface area contributed by atoms with Gasteiger partial charge in [0.15, 0.2) is 0 Å². The van der Waals surface area contributed by atoms with Gasteiger partial charge >= 0.3 is 0 Å². The second kappa shape index (κ2) is 5.31. The number of hydrogen-bond acceptors (Lipinski definition) is 3. The molecule has 1 saturated heterocycles. The van der Waals surface area contributed by atoms with Crippen molar-refractivity contribution in [3.8, 4) is 6.07 Å². The molecule has 0 radical (unpaired) electrons. The Kier molecular flexibility index (Phi) is 3.78. The smallest absolute Gasteiger partial charge is 0.111 e. The van der Waals surface area contributed by atoms with E-state index in [1.807, 2.05) is 0 Å². The molecule has 3 heteroatoms. The summed E-state index contributed by atoms with van der Waals surface area (Å²) in [5, 5.41) is 12.4. The van der Waals surface area contributed by atoms with E-state index >= 15 is 0 Å². The Bertz CT molecular complexity index is 434. The van der Waals surface area contributed by atoms with E-state index in [4.69, 9.17) is 5.26 Å². The van der Waals surface area contributed by atoms with E-state index in [-0.39, 0.29) is 6.04 Å². The fraction of sp³-hybridized carbons (Fsp3) is 0.500. The second-order valence-electron chi connectivity index (χ2n) is 4.75. The molecule has 1 aromatic carbocycles. The van der Waals surface area contributed by atoms with Crippen LogP contribution in [0.4, 0.5) is 0 Å². The number of hydrogen-bond donors (Lipinski definition) is 1. The maximum absolute atomic E-state index is 9.13. The minimum Gasteiger partial charge on any atom is -0.313 e. The number of nitrogens with zero attached hydrogens (tertiary/aromatic N) is 2. The van der Waals surface area contributed by atoms with Crippen molar-refractivity contribution in [3.63, 3.8) is 0 Å². The van der Waals surface area contributed by atoms with Crippen LogP contribution in [0, 0.1) is 25.2 Å². The summed E-state index contributed by atoms with van der Waals surface area (Å²) in [6.07, 6.45) is 0. The van der Waals surface area contributed by atoms with E-state index in [1.165, 1.54) is 16.7 Å². The Morgan fingerprint density at radius 3 is 3.06 bits per heavy atom. The van der Waals surface area contributed by atoms with E-state index < -0.39 is 0 Å². The summed E-state index contributed by atoms with van der Waals surface area (Å²) in [5.74, 6) is 0. The highest BCUT2D eigenvalue weighted by Crippen LogP contribution is 2.15. The average Bonchev–Trinajstić information content (AvgIpc) is 2.34. The predicted molar refractivity (Wildman–Crippen MR) is 68.6 cm³/mol. The molecule has 0 saturated carbocycles. The molecule has 1 aliphatic heterocycles. The van der Waals surface area contributed by atoms with Gasteiger partial charge in [-0.2, -0.15) is 5.26 Å². The first-order chi connectivity index (χ1) is 8.20. The first-order valence-corrected chi connectivity index (χ1v) is 6.11. The van der Waals surface area contributed by atoms with Crippen LogP contribution in [-0.2, 0) is 6.54 Å². The summed E-state index contributed by atoms with van der Waals surface area (Å²) in [6.45, 7) is 7.84. The van der Waals surface area contributed by atoms with Gasteiger partial charge in [0, 0.05) is 26.2 Å². The Balaban J connectivity index is 2.14. The lowest BCUT2D eigenvalue weighted by Crippen LogP contribution is -2.50. The van der Waals surface area contributed by atoms with Crippen molar-refractivity contribution < 1.29 is 0 Å². The molecule has 0 spiro atoms. The number of nitriles is 1. The fourth-order valence-corrected chi connectivity index (χ4v) is 2.25. The molecule has 1 unspecified atom stereocenters. The van der Waals surface area contributed by atoms with Gasteiger partial charge in [-0.25, -0.2) is 0 Å². The van der Waals surface area contributed by atoms with Crippen molar-refractivity contribution in [2.24, 2.45) is 0 Å². The molecule has 1 N–H and O–H groups in total. The van der Waals surface area contributed by atoms with Crippen molar-refractivity contribution in [2.75, 3.05) is 19.6 Å². The van der Waals surface area contributed by atoms with Crippen LogP contribution in [0.1, 0.15) is 16.7 Å². The van der Waals surface area contributed by atoms with E-state index in [0.717, 1.165) is 26.2 Å². The van der Waals surface area contributed by atoms with E-state index in [0.29, 0.717) is 0 Å². The maximum Gasteiger partial charge on any atom is 0.111 e. The first-order valence-electron chi connectivity index (χ1n) is 6.11. The van der Waals surface area contributed by atoms with Crippen LogP contribution < -0.4 is 5.32 Å². The minimum atomic E-state index is 0.00339. The highest BCUT2D eigenvalue weighted by atomic mass is 15.2. The molecule has 3 nitrogen and oxygen atoms in total. The fourth-order valence-electron chi connectivity index (χ4n) is 2.25. The zero-order chi connectivity index (χ0) is 12.3. The molecule has 0 aromatic heterocycles. The number of rotatable bonds is 2. The van der Waals surface area contributed by atoms with Crippen LogP contribution >= 0.6 is 0 Å². The highest BCUT2D eigenvalue weighted by Gasteiger charge is 2.21. The third kappa shape index (κ3) is 2.85. The molecule has 17 heavy (non-hydrogen) atoms. The molecule has 1 aliphatic rings. The first kappa shape index (κ1) is 12.1. The summed E-state index contributed by atoms with van der Waals surface area (Å²) in [7, 11) is 0. The molecule has 2 rings (SSSR count). The number of nitrogens with one attached hydrogen (secondary N) is 1. The van der Waals surface area contributed by atoms with Crippen LogP contribution in [0.3, 0.4) is 0 Å². The van der Waals surface area contributed by atoms with Crippen LogP contribution in [0.5, 0.6) is 0 Å². The van der Waals surface area contributed by atoms with Crippen molar-refractivity contribution >= 4 is 0 Å². The highest BCUT2D eigenvalue weighted by molar-refractivity contribution is 5.30. The zero-order valence-corrected chi connectivity index (χ0v) is 10.5. The lowest BCUT2D eigenvalue weighted by atomic mass is 10.0. The standard InChI is InChI=1S/C14H19N3/c1-11-3-4-12(2)13(7-11)10-17-6-5-16-9-14(17)8-15/h3-4,7,14,16H,5-6,9-10H2,1-2H3. The molecule has 0 amide bonds. The van der Waals surface area contributed by atoms with Crippen molar-refractivity contribution in [1.82, 2.24) is 10.2 Å². The van der Waals surface area contributed by atoms with Gasteiger partial charge < -0.3 is 5.32 Å². The Morgan fingerprint density at radius 1 is 1.47 bits per heavy atom. The summed E-state index contributed by atoms with van der Waals surface area (Å²) in [5.41, 5.74) is 3.94. The maximum atomic E-state index is 9.13. The summed E-state index contributed by atoms with van der Waals surface area (Å²) < 4.78 is 0. The van der Waals surface area contributed by atoms with E-state index in [1.54, 1.807) is 0 Å². The van der Waals surface area contributed by atoms with Gasteiger partial charge in [-0.05, 0) is 25.0 Å². The summed E-state index contributed by atoms with van der Waals surface area (Å²) in [4.78, 5) is 2.26. The Hall–Kier alpha value is -1.37. The predicted octanol–water partition coefficient (Wildman–Crippen LogP) is 1.60. The van der Waals surface area contributed by atoms with Crippen molar-refractivity contribution in [1.29, 1.82) is 5.26 Å². The lowest BCUT2D eigenvalue weighted by molar-refractivity contribution is 0.189. The Labute approximate surface area is 103 Å². The molecule has 0 bridgehead atoms. The largest absolute Gasteiger partial charge is 0.313 e. The van der Waals surface area contributed by atoms with Gasteiger partial charge in [0.25, 0.3) is 0 Å². The third-order valence-electron chi connectivity index (χ3n) is 3.38. The monoisotopic (exact) mass is 229 g/mol. The quantitative estimate of drug-likeness (QED) is 0.837. The molecular formula is C14H19N3. The zero-order valence-electron chi connectivity index (χ0n) is 10.5. The molecule has 1 heterocycles. The molecule has 90 valence electrons. The molecule has 1 aromatic rings. The van der Waals surface area contributed by atoms with Gasteiger partial charge in [-0.1, -0.05) is 23.8 Å². The van der Waals surface area contributed by atoms with Crippen LogP contribution in [0.25, 0.3) is 0 Å². The lowest BCUT2D eigenvalue weighted by Gasteiger charge is -2.32. The second-order valence-corrected chi connectivity index (χ2v) is 4.75. The van der Waals surface area contributed by atoms with Crippen molar-refractivity contribution in [3.05, 3.63) is 34.9 Å².